The van der Waals surface area contributed by atoms with E-state index >= 15 is 0 Å². The molecule has 0 aliphatic rings. The maximum absolute atomic E-state index is 9.53. The Morgan fingerprint density at radius 3 is 1.18 bits per heavy atom. The zero-order valence-electron chi connectivity index (χ0n) is 14.9. The van der Waals surface area contributed by atoms with Crippen LogP contribution in [0.15, 0.2) is 84.9 Å². The summed E-state index contributed by atoms with van der Waals surface area (Å²) in [4.78, 5) is 9.74. The summed E-state index contributed by atoms with van der Waals surface area (Å²) in [6.45, 7) is 0. The quantitative estimate of drug-likeness (QED) is 0.404. The van der Waals surface area contributed by atoms with Gasteiger partial charge in [0, 0.05) is 21.9 Å². The van der Waals surface area contributed by atoms with E-state index in [1.165, 1.54) is 0 Å². The summed E-state index contributed by atoms with van der Waals surface area (Å²) in [7, 11) is 0. The van der Waals surface area contributed by atoms with Gasteiger partial charge in [-0.05, 0) is 60.7 Å². The smallest absolute Gasteiger partial charge is 0.115 e. The molecule has 0 atom stereocenters. The molecule has 2 heterocycles. The predicted octanol–water partition coefficient (Wildman–Crippen LogP) is 5.53. The number of fused-ring (bicyclic) bond motifs is 3. The number of aromatic nitrogens is 2. The number of hydrogen-bond donors (Lipinski definition) is 2. The van der Waals surface area contributed by atoms with Crippen LogP contribution in [0.2, 0.25) is 0 Å². The van der Waals surface area contributed by atoms with Gasteiger partial charge >= 0.3 is 0 Å². The van der Waals surface area contributed by atoms with Gasteiger partial charge in [0.15, 0.2) is 0 Å². The Morgan fingerprint density at radius 2 is 0.786 bits per heavy atom. The molecule has 5 rings (SSSR count). The average molecular weight is 364 g/mol. The molecule has 4 nitrogen and oxygen atoms in total. The second-order valence-electron chi connectivity index (χ2n) is 6.70. The van der Waals surface area contributed by atoms with Crippen LogP contribution in [0.3, 0.4) is 0 Å². The van der Waals surface area contributed by atoms with Crippen LogP contribution >= 0.6 is 0 Å². The molecule has 134 valence electrons. The Morgan fingerprint density at radius 1 is 0.429 bits per heavy atom. The van der Waals surface area contributed by atoms with Crippen molar-refractivity contribution < 1.29 is 10.2 Å². The third-order valence-corrected chi connectivity index (χ3v) is 4.85. The lowest BCUT2D eigenvalue weighted by Gasteiger charge is -2.08. The number of rotatable bonds is 2. The Bertz CT molecular complexity index is 1210. The highest BCUT2D eigenvalue weighted by molar-refractivity contribution is 6.04. The van der Waals surface area contributed by atoms with Crippen LogP contribution in [0, 0.1) is 0 Å². The molecular weight excluding hydrogens is 348 g/mol. The number of benzene rings is 3. The minimum atomic E-state index is 0.232. The number of aromatic hydroxyl groups is 2. The highest BCUT2D eigenvalue weighted by Gasteiger charge is 2.09. The van der Waals surface area contributed by atoms with Crippen molar-refractivity contribution in [3.05, 3.63) is 84.9 Å². The van der Waals surface area contributed by atoms with Gasteiger partial charge in [0.1, 0.15) is 11.5 Å². The molecule has 2 aromatic heterocycles. The summed E-state index contributed by atoms with van der Waals surface area (Å²) >= 11 is 0. The number of pyridine rings is 2. The maximum Gasteiger partial charge on any atom is 0.115 e. The van der Waals surface area contributed by atoms with E-state index in [-0.39, 0.29) is 11.5 Å². The first-order valence-electron chi connectivity index (χ1n) is 8.97. The standard InChI is InChI=1S/C24H16N2O2/c27-19-9-3-15(4-10-19)21-13-7-17-1-2-18-8-14-22(26-24(18)23(17)25-21)16-5-11-20(28)12-6-16/h1-14,27-28H. The normalized spacial score (nSPS) is 11.1. The third-order valence-electron chi connectivity index (χ3n) is 4.85. The summed E-state index contributed by atoms with van der Waals surface area (Å²) in [6, 6.07) is 26.2. The van der Waals surface area contributed by atoms with E-state index in [9.17, 15) is 10.2 Å². The van der Waals surface area contributed by atoms with Crippen molar-refractivity contribution in [2.24, 2.45) is 0 Å². The van der Waals surface area contributed by atoms with Gasteiger partial charge in [-0.1, -0.05) is 24.3 Å². The molecule has 0 saturated heterocycles. The van der Waals surface area contributed by atoms with Crippen LogP contribution in [0.4, 0.5) is 0 Å². The molecule has 5 aromatic rings. The summed E-state index contributed by atoms with van der Waals surface area (Å²) in [5, 5.41) is 21.1. The van der Waals surface area contributed by atoms with Gasteiger partial charge in [-0.2, -0.15) is 0 Å². The largest absolute Gasteiger partial charge is 0.508 e. The van der Waals surface area contributed by atoms with Crippen LogP contribution in [-0.4, -0.2) is 20.2 Å². The van der Waals surface area contributed by atoms with Crippen LogP contribution in [0.1, 0.15) is 0 Å². The van der Waals surface area contributed by atoms with Gasteiger partial charge in [0.25, 0.3) is 0 Å². The fourth-order valence-electron chi connectivity index (χ4n) is 3.35. The number of phenols is 2. The fourth-order valence-corrected chi connectivity index (χ4v) is 3.35. The second kappa shape index (κ2) is 6.35. The Balaban J connectivity index is 1.72. The first kappa shape index (κ1) is 16.3. The zero-order valence-corrected chi connectivity index (χ0v) is 14.9. The molecule has 4 heteroatoms. The van der Waals surface area contributed by atoms with E-state index in [1.807, 2.05) is 60.7 Å². The number of nitrogens with zero attached hydrogens (tertiary/aromatic N) is 2. The molecule has 0 amide bonds. The van der Waals surface area contributed by atoms with E-state index in [1.54, 1.807) is 24.3 Å². The Hall–Kier alpha value is -3.92. The van der Waals surface area contributed by atoms with Gasteiger partial charge in [0.05, 0.1) is 22.4 Å². The van der Waals surface area contributed by atoms with Crippen molar-refractivity contribution in [1.82, 2.24) is 9.97 Å². The van der Waals surface area contributed by atoms with E-state index in [0.29, 0.717) is 0 Å². The van der Waals surface area contributed by atoms with Crippen molar-refractivity contribution >= 4 is 21.8 Å². The molecule has 0 spiro atoms. The molecule has 3 aromatic carbocycles. The highest BCUT2D eigenvalue weighted by atomic mass is 16.3. The van der Waals surface area contributed by atoms with Crippen LogP contribution < -0.4 is 0 Å². The van der Waals surface area contributed by atoms with Gasteiger partial charge in [-0.15, -0.1) is 0 Å². The van der Waals surface area contributed by atoms with Crippen LogP contribution in [0.25, 0.3) is 44.3 Å². The molecule has 28 heavy (non-hydrogen) atoms. The molecule has 0 aliphatic carbocycles. The lowest BCUT2D eigenvalue weighted by molar-refractivity contribution is 0.475. The van der Waals surface area contributed by atoms with E-state index in [2.05, 4.69) is 0 Å². The number of hydrogen-bond acceptors (Lipinski definition) is 4. The van der Waals surface area contributed by atoms with Gasteiger partial charge < -0.3 is 10.2 Å². The SMILES string of the molecule is Oc1ccc(-c2ccc3ccc4ccc(-c5ccc(O)cc5)nc4c3n2)cc1. The minimum Gasteiger partial charge on any atom is -0.508 e. The van der Waals surface area contributed by atoms with Gasteiger partial charge in [0.2, 0.25) is 0 Å². The summed E-state index contributed by atoms with van der Waals surface area (Å²) in [5.41, 5.74) is 5.21. The minimum absolute atomic E-state index is 0.232. The van der Waals surface area contributed by atoms with Crippen molar-refractivity contribution in [3.63, 3.8) is 0 Å². The summed E-state index contributed by atoms with van der Waals surface area (Å²) < 4.78 is 0. The van der Waals surface area contributed by atoms with Gasteiger partial charge in [-0.25, -0.2) is 9.97 Å². The maximum atomic E-state index is 9.53. The molecule has 0 fully saturated rings. The van der Waals surface area contributed by atoms with Crippen molar-refractivity contribution in [2.45, 2.75) is 0 Å². The zero-order chi connectivity index (χ0) is 19.1. The third kappa shape index (κ3) is 2.81. The molecule has 2 N–H and O–H groups in total. The molecule has 0 unspecified atom stereocenters. The summed E-state index contributed by atoms with van der Waals surface area (Å²) in [6.07, 6.45) is 0. The first-order chi connectivity index (χ1) is 13.7. The molecule has 0 radical (unpaired) electrons. The monoisotopic (exact) mass is 364 g/mol. The lowest BCUT2D eigenvalue weighted by Crippen LogP contribution is -1.90. The van der Waals surface area contributed by atoms with Crippen LogP contribution in [0.5, 0.6) is 11.5 Å². The summed E-state index contributed by atoms with van der Waals surface area (Å²) in [5.74, 6) is 0.463. The molecule has 0 aliphatic heterocycles. The van der Waals surface area contributed by atoms with Crippen molar-refractivity contribution in [3.8, 4) is 34.0 Å². The highest BCUT2D eigenvalue weighted by Crippen LogP contribution is 2.29. The van der Waals surface area contributed by atoms with E-state index < -0.39 is 0 Å². The Kier molecular flexibility index (Phi) is 3.69. The van der Waals surface area contributed by atoms with Gasteiger partial charge in [-0.3, -0.25) is 0 Å². The van der Waals surface area contributed by atoms with E-state index in [0.717, 1.165) is 44.3 Å². The lowest BCUT2D eigenvalue weighted by atomic mass is 10.1. The molecule has 0 bridgehead atoms. The van der Waals surface area contributed by atoms with Crippen molar-refractivity contribution in [1.29, 1.82) is 0 Å². The molecule has 0 saturated carbocycles. The van der Waals surface area contributed by atoms with E-state index in [4.69, 9.17) is 9.97 Å². The topological polar surface area (TPSA) is 66.2 Å². The van der Waals surface area contributed by atoms with Crippen LogP contribution in [-0.2, 0) is 0 Å². The number of phenolic OH excluding ortho intramolecular Hbond substituents is 2. The first-order valence-corrected chi connectivity index (χ1v) is 8.97. The second-order valence-corrected chi connectivity index (χ2v) is 6.70. The average Bonchev–Trinajstić information content (AvgIpc) is 2.74. The molecular formula is C24H16N2O2. The van der Waals surface area contributed by atoms with Crippen molar-refractivity contribution in [2.75, 3.05) is 0 Å². The predicted molar refractivity (Wildman–Crippen MR) is 111 cm³/mol. The Labute approximate surface area is 161 Å². The fraction of sp³-hybridized carbons (Fsp3) is 0.